The number of nitrogens with one attached hydrogen (secondary N) is 1. The summed E-state index contributed by atoms with van der Waals surface area (Å²) < 4.78 is 13.0. The van der Waals surface area contributed by atoms with E-state index in [0.29, 0.717) is 5.84 Å². The molecule has 1 aromatic rings. The van der Waals surface area contributed by atoms with E-state index in [9.17, 15) is 4.39 Å². The Morgan fingerprint density at radius 2 is 2.11 bits per heavy atom. The van der Waals surface area contributed by atoms with Crippen LogP contribution in [-0.2, 0) is 6.54 Å². The molecular formula is C13H17ClFN3. The largest absolute Gasteiger partial charge is 0.387 e. The Morgan fingerprint density at radius 1 is 1.44 bits per heavy atom. The van der Waals surface area contributed by atoms with Gasteiger partial charge >= 0.3 is 0 Å². The van der Waals surface area contributed by atoms with Gasteiger partial charge in [0.05, 0.1) is 10.9 Å². The molecule has 0 aliphatic carbocycles. The van der Waals surface area contributed by atoms with E-state index in [1.165, 1.54) is 6.07 Å². The maximum Gasteiger partial charge on any atom is 0.141 e. The molecule has 98 valence electrons. The first-order chi connectivity index (χ1) is 8.56. The van der Waals surface area contributed by atoms with E-state index in [0.717, 1.165) is 38.0 Å². The second-order valence-corrected chi connectivity index (χ2v) is 5.16. The minimum absolute atomic E-state index is 0.172. The Morgan fingerprint density at radius 3 is 2.67 bits per heavy atom. The van der Waals surface area contributed by atoms with Gasteiger partial charge in [-0.3, -0.25) is 10.3 Å². The lowest BCUT2D eigenvalue weighted by Crippen LogP contribution is -2.37. The lowest BCUT2D eigenvalue weighted by atomic mass is 9.95. The molecule has 1 saturated heterocycles. The van der Waals surface area contributed by atoms with Crippen molar-refractivity contribution in [3.05, 3.63) is 34.6 Å². The van der Waals surface area contributed by atoms with E-state index in [-0.39, 0.29) is 16.8 Å². The fourth-order valence-electron chi connectivity index (χ4n) is 2.30. The molecule has 1 aromatic carbocycles. The zero-order chi connectivity index (χ0) is 13.1. The van der Waals surface area contributed by atoms with Gasteiger partial charge in [0, 0.05) is 12.5 Å². The quantitative estimate of drug-likeness (QED) is 0.655. The van der Waals surface area contributed by atoms with Crippen LogP contribution in [0.15, 0.2) is 18.2 Å². The monoisotopic (exact) mass is 269 g/mol. The minimum atomic E-state index is -0.379. The molecule has 1 aliphatic rings. The number of halogens is 2. The van der Waals surface area contributed by atoms with Gasteiger partial charge in [0.25, 0.3) is 0 Å². The van der Waals surface area contributed by atoms with Crippen LogP contribution in [-0.4, -0.2) is 23.8 Å². The van der Waals surface area contributed by atoms with Crippen molar-refractivity contribution in [1.82, 2.24) is 4.90 Å². The molecular weight excluding hydrogens is 253 g/mol. The highest BCUT2D eigenvalue weighted by atomic mass is 35.5. The Labute approximate surface area is 111 Å². The second-order valence-electron chi connectivity index (χ2n) is 4.75. The van der Waals surface area contributed by atoms with Gasteiger partial charge in [-0.25, -0.2) is 4.39 Å². The van der Waals surface area contributed by atoms with E-state index in [2.05, 4.69) is 4.90 Å². The molecule has 1 heterocycles. The average Bonchev–Trinajstić information content (AvgIpc) is 2.34. The maximum atomic E-state index is 13.0. The molecule has 0 bridgehead atoms. The van der Waals surface area contributed by atoms with Gasteiger partial charge in [0.1, 0.15) is 5.82 Å². The number of benzene rings is 1. The summed E-state index contributed by atoms with van der Waals surface area (Å²) >= 11 is 5.76. The van der Waals surface area contributed by atoms with Gasteiger partial charge in [-0.1, -0.05) is 17.7 Å². The summed E-state index contributed by atoms with van der Waals surface area (Å²) in [7, 11) is 0. The molecule has 0 saturated carbocycles. The van der Waals surface area contributed by atoms with E-state index in [1.807, 2.05) is 0 Å². The normalized spacial score (nSPS) is 17.9. The first-order valence-electron chi connectivity index (χ1n) is 6.06. The molecule has 0 unspecified atom stereocenters. The molecule has 0 spiro atoms. The number of likely N-dealkylation sites (tertiary alicyclic amines) is 1. The van der Waals surface area contributed by atoms with Gasteiger partial charge in [-0.15, -0.1) is 0 Å². The van der Waals surface area contributed by atoms with Crippen LogP contribution >= 0.6 is 11.6 Å². The van der Waals surface area contributed by atoms with Crippen molar-refractivity contribution >= 4 is 17.4 Å². The third kappa shape index (κ3) is 3.21. The Hall–Kier alpha value is -1.13. The predicted molar refractivity (Wildman–Crippen MR) is 71.3 cm³/mol. The molecule has 18 heavy (non-hydrogen) atoms. The van der Waals surface area contributed by atoms with Crippen molar-refractivity contribution in [3.8, 4) is 0 Å². The molecule has 3 nitrogen and oxygen atoms in total. The first kappa shape index (κ1) is 13.3. The number of rotatable bonds is 3. The Bertz CT molecular complexity index is 442. The van der Waals surface area contributed by atoms with Gasteiger partial charge in [-0.05, 0) is 43.6 Å². The summed E-state index contributed by atoms with van der Waals surface area (Å²) in [5, 5.41) is 7.60. The summed E-state index contributed by atoms with van der Waals surface area (Å²) in [6.07, 6.45) is 1.84. The van der Waals surface area contributed by atoms with Crippen LogP contribution in [0.1, 0.15) is 18.4 Å². The molecule has 3 N–H and O–H groups in total. The third-order valence-electron chi connectivity index (χ3n) is 3.42. The minimum Gasteiger partial charge on any atom is -0.387 e. The van der Waals surface area contributed by atoms with Gasteiger partial charge in [0.15, 0.2) is 0 Å². The summed E-state index contributed by atoms with van der Waals surface area (Å²) in [6, 6.07) is 4.84. The van der Waals surface area contributed by atoms with Crippen molar-refractivity contribution in [1.29, 1.82) is 5.41 Å². The summed E-state index contributed by atoms with van der Waals surface area (Å²) in [6.45, 7) is 2.60. The van der Waals surface area contributed by atoms with Crippen molar-refractivity contribution in [3.63, 3.8) is 0 Å². The standard InChI is InChI=1S/C13H17ClFN3/c14-11-7-9(1-2-12(11)15)8-18-5-3-10(4-6-18)13(16)17/h1-2,7,10H,3-6,8H2,(H3,16,17). The van der Waals surface area contributed by atoms with E-state index < -0.39 is 0 Å². The molecule has 0 aromatic heterocycles. The molecule has 0 radical (unpaired) electrons. The predicted octanol–water partition coefficient (Wildman–Crippen LogP) is 2.63. The lowest BCUT2D eigenvalue weighted by Gasteiger charge is -2.31. The second kappa shape index (κ2) is 5.67. The number of hydrogen-bond donors (Lipinski definition) is 2. The van der Waals surface area contributed by atoms with Crippen LogP contribution < -0.4 is 5.73 Å². The van der Waals surface area contributed by atoms with E-state index >= 15 is 0 Å². The van der Waals surface area contributed by atoms with Crippen LogP contribution in [0.2, 0.25) is 5.02 Å². The summed E-state index contributed by atoms with van der Waals surface area (Å²) in [5.41, 5.74) is 6.52. The van der Waals surface area contributed by atoms with Gasteiger partial charge in [0.2, 0.25) is 0 Å². The summed E-state index contributed by atoms with van der Waals surface area (Å²) in [5.74, 6) is 0.133. The zero-order valence-electron chi connectivity index (χ0n) is 10.1. The smallest absolute Gasteiger partial charge is 0.141 e. The average molecular weight is 270 g/mol. The highest BCUT2D eigenvalue weighted by Crippen LogP contribution is 2.21. The highest BCUT2D eigenvalue weighted by molar-refractivity contribution is 6.30. The SMILES string of the molecule is N=C(N)C1CCN(Cc2ccc(F)c(Cl)c2)CC1. The van der Waals surface area contributed by atoms with E-state index in [4.69, 9.17) is 22.7 Å². The fraction of sp³-hybridized carbons (Fsp3) is 0.462. The highest BCUT2D eigenvalue weighted by Gasteiger charge is 2.21. The van der Waals surface area contributed by atoms with Crippen LogP contribution in [0.4, 0.5) is 4.39 Å². The molecule has 0 atom stereocenters. The molecule has 1 aliphatic heterocycles. The Kier molecular flexibility index (Phi) is 4.19. The number of amidine groups is 1. The molecule has 5 heteroatoms. The lowest BCUT2D eigenvalue weighted by molar-refractivity contribution is 0.201. The Balaban J connectivity index is 1.91. The van der Waals surface area contributed by atoms with Crippen LogP contribution in [0.3, 0.4) is 0 Å². The zero-order valence-corrected chi connectivity index (χ0v) is 10.9. The topological polar surface area (TPSA) is 53.1 Å². The molecule has 1 fully saturated rings. The van der Waals surface area contributed by atoms with Crippen LogP contribution in [0.5, 0.6) is 0 Å². The first-order valence-corrected chi connectivity index (χ1v) is 6.44. The van der Waals surface area contributed by atoms with Gasteiger partial charge < -0.3 is 5.73 Å². The van der Waals surface area contributed by atoms with Crippen molar-refractivity contribution in [2.75, 3.05) is 13.1 Å². The summed E-state index contributed by atoms with van der Waals surface area (Å²) in [4.78, 5) is 2.28. The maximum absolute atomic E-state index is 13.0. The number of nitrogens with zero attached hydrogens (tertiary/aromatic N) is 1. The van der Waals surface area contributed by atoms with Gasteiger partial charge in [-0.2, -0.15) is 0 Å². The fourth-order valence-corrected chi connectivity index (χ4v) is 2.50. The van der Waals surface area contributed by atoms with Crippen LogP contribution in [0.25, 0.3) is 0 Å². The third-order valence-corrected chi connectivity index (χ3v) is 3.71. The number of nitrogens with two attached hydrogens (primary N) is 1. The number of piperidine rings is 1. The van der Waals surface area contributed by atoms with E-state index in [1.54, 1.807) is 12.1 Å². The number of hydrogen-bond acceptors (Lipinski definition) is 2. The molecule has 2 rings (SSSR count). The van der Waals surface area contributed by atoms with Crippen LogP contribution in [0, 0.1) is 17.1 Å². The molecule has 0 amide bonds. The van der Waals surface area contributed by atoms with Crippen molar-refractivity contribution < 1.29 is 4.39 Å². The van der Waals surface area contributed by atoms with Crippen molar-refractivity contribution in [2.45, 2.75) is 19.4 Å². The van der Waals surface area contributed by atoms with Crippen molar-refractivity contribution in [2.24, 2.45) is 11.7 Å².